The second-order valence-electron chi connectivity index (χ2n) is 5.41. The number of hydrogen-bond acceptors (Lipinski definition) is 2. The van der Waals surface area contributed by atoms with E-state index in [4.69, 9.17) is 10.5 Å². The van der Waals surface area contributed by atoms with Crippen LogP contribution in [-0.2, 0) is 0 Å². The Balaban J connectivity index is 2.12. The van der Waals surface area contributed by atoms with Gasteiger partial charge in [0.15, 0.2) is 0 Å². The van der Waals surface area contributed by atoms with Crippen LogP contribution in [0, 0.1) is 0 Å². The van der Waals surface area contributed by atoms with Gasteiger partial charge in [-0.15, -0.1) is 0 Å². The lowest BCUT2D eigenvalue weighted by Crippen LogP contribution is -2.07. The smallest absolute Gasteiger partial charge is 0.127 e. The Labute approximate surface area is 121 Å². The molecular formula is C18H23NO. The Morgan fingerprint density at radius 3 is 2.25 bits per heavy atom. The van der Waals surface area contributed by atoms with Gasteiger partial charge in [0, 0.05) is 6.04 Å². The molecule has 2 rings (SSSR count). The van der Waals surface area contributed by atoms with Crippen LogP contribution in [0.15, 0.2) is 48.5 Å². The zero-order valence-corrected chi connectivity index (χ0v) is 12.5. The average Bonchev–Trinajstić information content (AvgIpc) is 2.47. The van der Waals surface area contributed by atoms with Crippen molar-refractivity contribution in [2.24, 2.45) is 5.73 Å². The lowest BCUT2D eigenvalue weighted by Gasteiger charge is -2.12. The van der Waals surface area contributed by atoms with Crippen molar-refractivity contribution in [3.05, 3.63) is 59.7 Å². The molecule has 20 heavy (non-hydrogen) atoms. The van der Waals surface area contributed by atoms with E-state index in [1.807, 2.05) is 36.4 Å². The van der Waals surface area contributed by atoms with Crippen molar-refractivity contribution in [2.45, 2.75) is 39.2 Å². The summed E-state index contributed by atoms with van der Waals surface area (Å²) in [4.78, 5) is 0. The summed E-state index contributed by atoms with van der Waals surface area (Å²) in [5, 5.41) is 0. The van der Waals surface area contributed by atoms with Crippen LogP contribution in [0.3, 0.4) is 0 Å². The van der Waals surface area contributed by atoms with Crippen LogP contribution in [0.1, 0.15) is 50.3 Å². The van der Waals surface area contributed by atoms with E-state index in [1.54, 1.807) is 0 Å². The van der Waals surface area contributed by atoms with E-state index in [9.17, 15) is 0 Å². The van der Waals surface area contributed by atoms with Gasteiger partial charge in [-0.3, -0.25) is 0 Å². The van der Waals surface area contributed by atoms with Crippen molar-refractivity contribution < 1.29 is 4.74 Å². The van der Waals surface area contributed by atoms with Crippen molar-refractivity contribution >= 4 is 0 Å². The molecule has 2 nitrogen and oxygen atoms in total. The minimum atomic E-state index is 0.105. The van der Waals surface area contributed by atoms with Crippen LogP contribution < -0.4 is 10.5 Å². The first-order valence-corrected chi connectivity index (χ1v) is 7.23. The quantitative estimate of drug-likeness (QED) is 0.827. The van der Waals surface area contributed by atoms with Gasteiger partial charge in [-0.25, -0.2) is 0 Å². The van der Waals surface area contributed by atoms with Crippen LogP contribution in [-0.4, -0.2) is 0 Å². The molecule has 0 aliphatic heterocycles. The van der Waals surface area contributed by atoms with Crippen molar-refractivity contribution in [1.82, 2.24) is 0 Å². The summed E-state index contributed by atoms with van der Waals surface area (Å²) in [6.45, 7) is 6.45. The molecule has 0 heterocycles. The second kappa shape index (κ2) is 6.58. The number of benzene rings is 2. The highest BCUT2D eigenvalue weighted by Crippen LogP contribution is 2.26. The zero-order chi connectivity index (χ0) is 14.5. The molecule has 0 unspecified atom stereocenters. The molecule has 2 heteroatoms. The topological polar surface area (TPSA) is 35.2 Å². The van der Waals surface area contributed by atoms with Crippen LogP contribution in [0.4, 0.5) is 0 Å². The van der Waals surface area contributed by atoms with E-state index >= 15 is 0 Å². The Hall–Kier alpha value is -1.80. The Kier molecular flexibility index (Phi) is 4.80. The molecule has 2 N–H and O–H groups in total. The average molecular weight is 269 g/mol. The molecule has 1 atom stereocenters. The Morgan fingerprint density at radius 2 is 1.65 bits per heavy atom. The molecule has 0 saturated heterocycles. The van der Waals surface area contributed by atoms with E-state index < -0.39 is 0 Å². The first-order valence-electron chi connectivity index (χ1n) is 7.23. The normalized spacial score (nSPS) is 12.4. The largest absolute Gasteiger partial charge is 0.457 e. The summed E-state index contributed by atoms with van der Waals surface area (Å²) in [5.41, 5.74) is 8.44. The Bertz CT molecular complexity index is 546. The number of rotatable bonds is 5. The van der Waals surface area contributed by atoms with Crippen molar-refractivity contribution in [2.75, 3.05) is 0 Å². The first-order chi connectivity index (χ1) is 9.60. The van der Waals surface area contributed by atoms with Crippen molar-refractivity contribution in [3.63, 3.8) is 0 Å². The van der Waals surface area contributed by atoms with Crippen LogP contribution in [0.2, 0.25) is 0 Å². The maximum Gasteiger partial charge on any atom is 0.127 e. The van der Waals surface area contributed by atoms with Gasteiger partial charge in [0.2, 0.25) is 0 Å². The minimum absolute atomic E-state index is 0.105. The Morgan fingerprint density at radius 1 is 0.950 bits per heavy atom. The van der Waals surface area contributed by atoms with E-state index in [-0.39, 0.29) is 6.04 Å². The number of ether oxygens (including phenoxy) is 1. The molecule has 0 spiro atoms. The summed E-state index contributed by atoms with van der Waals surface area (Å²) in [5.74, 6) is 2.23. The van der Waals surface area contributed by atoms with Gasteiger partial charge in [0.05, 0.1) is 0 Å². The van der Waals surface area contributed by atoms with E-state index in [0.29, 0.717) is 5.92 Å². The molecule has 2 aromatic carbocycles. The molecule has 0 fully saturated rings. The van der Waals surface area contributed by atoms with Crippen LogP contribution in [0.5, 0.6) is 11.5 Å². The molecule has 106 valence electrons. The van der Waals surface area contributed by atoms with E-state index in [2.05, 4.69) is 32.9 Å². The van der Waals surface area contributed by atoms with Gasteiger partial charge in [0.1, 0.15) is 11.5 Å². The molecule has 0 bridgehead atoms. The van der Waals surface area contributed by atoms with Crippen LogP contribution in [0.25, 0.3) is 0 Å². The highest BCUT2D eigenvalue weighted by Gasteiger charge is 2.05. The van der Waals surface area contributed by atoms with Gasteiger partial charge in [-0.05, 0) is 47.7 Å². The minimum Gasteiger partial charge on any atom is -0.457 e. The summed E-state index contributed by atoms with van der Waals surface area (Å²) < 4.78 is 5.90. The van der Waals surface area contributed by atoms with E-state index in [0.717, 1.165) is 23.5 Å². The lowest BCUT2D eigenvalue weighted by atomic mass is 10.0. The molecule has 0 aliphatic rings. The fourth-order valence-electron chi connectivity index (χ4n) is 2.09. The number of hydrogen-bond donors (Lipinski definition) is 1. The molecule has 0 aliphatic carbocycles. The maximum absolute atomic E-state index is 6.01. The third kappa shape index (κ3) is 3.61. The van der Waals surface area contributed by atoms with Gasteiger partial charge >= 0.3 is 0 Å². The van der Waals surface area contributed by atoms with Gasteiger partial charge in [-0.1, -0.05) is 45.0 Å². The standard InChI is InChI=1S/C18H23NO/c1-4-18(19)14-8-10-16(11-9-14)20-17-7-5-6-15(12-17)13(2)3/h5-13,18H,4,19H2,1-3H3/t18-/m0/s1. The third-order valence-electron chi connectivity index (χ3n) is 3.51. The summed E-state index contributed by atoms with van der Waals surface area (Å²) >= 11 is 0. The summed E-state index contributed by atoms with van der Waals surface area (Å²) in [6, 6.07) is 16.4. The van der Waals surface area contributed by atoms with Crippen molar-refractivity contribution in [3.8, 4) is 11.5 Å². The predicted octanol–water partition coefficient (Wildman–Crippen LogP) is 5.01. The monoisotopic (exact) mass is 269 g/mol. The maximum atomic E-state index is 6.01. The van der Waals surface area contributed by atoms with Crippen LogP contribution >= 0.6 is 0 Å². The molecule has 0 saturated carbocycles. The fourth-order valence-corrected chi connectivity index (χ4v) is 2.09. The van der Waals surface area contributed by atoms with E-state index in [1.165, 1.54) is 5.56 Å². The lowest BCUT2D eigenvalue weighted by molar-refractivity contribution is 0.481. The predicted molar refractivity (Wildman–Crippen MR) is 84.3 cm³/mol. The third-order valence-corrected chi connectivity index (χ3v) is 3.51. The van der Waals surface area contributed by atoms with Gasteiger partial charge in [-0.2, -0.15) is 0 Å². The number of nitrogens with two attached hydrogens (primary N) is 1. The molecule has 2 aromatic rings. The molecular weight excluding hydrogens is 246 g/mol. The molecule has 0 amide bonds. The zero-order valence-electron chi connectivity index (χ0n) is 12.5. The first kappa shape index (κ1) is 14.6. The van der Waals surface area contributed by atoms with Gasteiger partial charge < -0.3 is 10.5 Å². The highest BCUT2D eigenvalue weighted by atomic mass is 16.5. The second-order valence-corrected chi connectivity index (χ2v) is 5.41. The summed E-state index contributed by atoms with van der Waals surface area (Å²) in [6.07, 6.45) is 0.941. The van der Waals surface area contributed by atoms with Gasteiger partial charge in [0.25, 0.3) is 0 Å². The fraction of sp³-hybridized carbons (Fsp3) is 0.333. The molecule has 0 aromatic heterocycles. The highest BCUT2D eigenvalue weighted by molar-refractivity contribution is 5.36. The SMILES string of the molecule is CC[C@H](N)c1ccc(Oc2cccc(C(C)C)c2)cc1. The van der Waals surface area contributed by atoms with Crippen molar-refractivity contribution in [1.29, 1.82) is 0 Å². The molecule has 0 radical (unpaired) electrons. The summed E-state index contributed by atoms with van der Waals surface area (Å²) in [7, 11) is 0.